The quantitative estimate of drug-likeness (QED) is 0.664. The Kier molecular flexibility index (Phi) is 6.61. The summed E-state index contributed by atoms with van der Waals surface area (Å²) in [4.78, 5) is 11.3. The van der Waals surface area contributed by atoms with Gasteiger partial charge in [-0.1, -0.05) is 60.7 Å². The van der Waals surface area contributed by atoms with Crippen molar-refractivity contribution in [1.82, 2.24) is 10.6 Å². The van der Waals surface area contributed by atoms with Crippen LogP contribution in [0, 0.1) is 5.92 Å². The van der Waals surface area contributed by atoms with Gasteiger partial charge in [0.15, 0.2) is 0 Å². The van der Waals surface area contributed by atoms with Crippen molar-refractivity contribution in [2.75, 3.05) is 13.1 Å². The summed E-state index contributed by atoms with van der Waals surface area (Å²) in [5.74, 6) is -1.21. The molecule has 0 atom stereocenters. The Bertz CT molecular complexity index is 512. The average molecular weight is 298 g/mol. The molecule has 4 heteroatoms. The van der Waals surface area contributed by atoms with Crippen molar-refractivity contribution in [3.8, 4) is 0 Å². The average Bonchev–Trinajstić information content (AvgIpc) is 2.55. The van der Waals surface area contributed by atoms with Gasteiger partial charge in [-0.2, -0.15) is 0 Å². The summed E-state index contributed by atoms with van der Waals surface area (Å²) >= 11 is 0. The van der Waals surface area contributed by atoms with Crippen LogP contribution >= 0.6 is 0 Å². The van der Waals surface area contributed by atoms with Gasteiger partial charge in [-0.25, -0.2) is 0 Å². The molecule has 22 heavy (non-hydrogen) atoms. The minimum atomic E-state index is -0.777. The lowest BCUT2D eigenvalue weighted by Gasteiger charge is -2.14. The van der Waals surface area contributed by atoms with Crippen LogP contribution in [0.5, 0.6) is 0 Å². The van der Waals surface area contributed by atoms with Gasteiger partial charge in [-0.15, -0.1) is 0 Å². The number of hydrogen-bond donors (Lipinski definition) is 3. The molecular weight excluding hydrogens is 276 g/mol. The normalized spacial score (nSPS) is 10.8. The summed E-state index contributed by atoms with van der Waals surface area (Å²) in [6, 6.07) is 20.0. The van der Waals surface area contributed by atoms with E-state index in [4.69, 9.17) is 0 Å². The highest BCUT2D eigenvalue weighted by Gasteiger charge is 2.16. The highest BCUT2D eigenvalue weighted by Crippen LogP contribution is 2.01. The van der Waals surface area contributed by atoms with Crippen LogP contribution in [0.1, 0.15) is 11.1 Å². The second kappa shape index (κ2) is 8.97. The summed E-state index contributed by atoms with van der Waals surface area (Å²) in [6.45, 7) is 2.27. The first kappa shape index (κ1) is 16.2. The molecule has 3 N–H and O–H groups in total. The van der Waals surface area contributed by atoms with E-state index in [2.05, 4.69) is 10.6 Å². The number of carboxylic acids is 1. The number of aliphatic carboxylic acids is 1. The molecule has 0 amide bonds. The number of hydrogen-bond acceptors (Lipinski definition) is 3. The third-order valence-corrected chi connectivity index (χ3v) is 3.47. The second-order valence-electron chi connectivity index (χ2n) is 5.27. The zero-order valence-corrected chi connectivity index (χ0v) is 12.5. The van der Waals surface area contributed by atoms with Gasteiger partial charge in [0.2, 0.25) is 0 Å². The third kappa shape index (κ3) is 5.68. The fraction of sp³-hybridized carbons (Fsp3) is 0.278. The molecule has 2 rings (SSSR count). The molecule has 0 fully saturated rings. The van der Waals surface area contributed by atoms with E-state index >= 15 is 0 Å². The molecule has 2 aromatic carbocycles. The van der Waals surface area contributed by atoms with Gasteiger partial charge in [0, 0.05) is 26.2 Å². The second-order valence-corrected chi connectivity index (χ2v) is 5.27. The van der Waals surface area contributed by atoms with Crippen LogP contribution in [0.25, 0.3) is 0 Å². The molecule has 116 valence electrons. The monoisotopic (exact) mass is 298 g/mol. The fourth-order valence-corrected chi connectivity index (χ4v) is 2.22. The minimum Gasteiger partial charge on any atom is -0.481 e. The van der Waals surface area contributed by atoms with E-state index in [1.165, 1.54) is 0 Å². The summed E-state index contributed by atoms with van der Waals surface area (Å²) in [6.07, 6.45) is 0. The van der Waals surface area contributed by atoms with E-state index in [-0.39, 0.29) is 0 Å². The van der Waals surface area contributed by atoms with Crippen LogP contribution < -0.4 is 10.6 Å². The lowest BCUT2D eigenvalue weighted by Crippen LogP contribution is -2.36. The van der Waals surface area contributed by atoms with Crippen LogP contribution in [0.3, 0.4) is 0 Å². The number of nitrogens with one attached hydrogen (secondary N) is 2. The molecule has 0 bridgehead atoms. The Balaban J connectivity index is 1.72. The van der Waals surface area contributed by atoms with Gasteiger partial charge in [0.1, 0.15) is 0 Å². The number of rotatable bonds is 9. The first-order chi connectivity index (χ1) is 10.8. The van der Waals surface area contributed by atoms with Gasteiger partial charge in [0.25, 0.3) is 0 Å². The number of carboxylic acid groups (broad SMARTS) is 1. The smallest absolute Gasteiger partial charge is 0.309 e. The van der Waals surface area contributed by atoms with Gasteiger partial charge >= 0.3 is 5.97 Å². The van der Waals surface area contributed by atoms with E-state index < -0.39 is 11.9 Å². The molecular formula is C18H22N2O2. The van der Waals surface area contributed by atoms with E-state index in [9.17, 15) is 9.90 Å². The molecule has 0 radical (unpaired) electrons. The molecule has 0 spiro atoms. The summed E-state index contributed by atoms with van der Waals surface area (Å²) in [5, 5.41) is 15.7. The standard InChI is InChI=1S/C18H22N2O2/c21-18(22)17(13-19-11-15-7-3-1-4-8-15)14-20-12-16-9-5-2-6-10-16/h1-10,17,19-20H,11-14H2,(H,21,22). The maximum atomic E-state index is 11.3. The molecule has 0 aliphatic heterocycles. The van der Waals surface area contributed by atoms with Crippen molar-refractivity contribution in [2.24, 2.45) is 5.92 Å². The van der Waals surface area contributed by atoms with E-state index in [1.807, 2.05) is 60.7 Å². The zero-order chi connectivity index (χ0) is 15.6. The van der Waals surface area contributed by atoms with Gasteiger partial charge in [0.05, 0.1) is 5.92 Å². The van der Waals surface area contributed by atoms with Crippen LogP contribution in [0.15, 0.2) is 60.7 Å². The molecule has 0 heterocycles. The van der Waals surface area contributed by atoms with E-state index in [1.54, 1.807) is 0 Å². The Hall–Kier alpha value is -2.17. The van der Waals surface area contributed by atoms with Crippen molar-refractivity contribution in [3.05, 3.63) is 71.8 Å². The Morgan fingerprint density at radius 2 is 1.23 bits per heavy atom. The maximum Gasteiger partial charge on any atom is 0.309 e. The summed E-state index contributed by atoms with van der Waals surface area (Å²) < 4.78 is 0. The van der Waals surface area contributed by atoms with Gasteiger partial charge in [-0.3, -0.25) is 4.79 Å². The molecule has 0 aliphatic rings. The van der Waals surface area contributed by atoms with Crippen LogP contribution in [-0.4, -0.2) is 24.2 Å². The van der Waals surface area contributed by atoms with E-state index in [0.29, 0.717) is 26.2 Å². The lowest BCUT2D eigenvalue weighted by atomic mass is 10.1. The molecule has 4 nitrogen and oxygen atoms in total. The molecule has 2 aromatic rings. The summed E-state index contributed by atoms with van der Waals surface area (Å²) in [5.41, 5.74) is 2.31. The summed E-state index contributed by atoms with van der Waals surface area (Å²) in [7, 11) is 0. The fourth-order valence-electron chi connectivity index (χ4n) is 2.22. The first-order valence-electron chi connectivity index (χ1n) is 7.48. The van der Waals surface area contributed by atoms with Crippen LogP contribution in [0.4, 0.5) is 0 Å². The molecule has 0 unspecified atom stereocenters. The zero-order valence-electron chi connectivity index (χ0n) is 12.5. The minimum absolute atomic E-state index is 0.438. The predicted octanol–water partition coefficient (Wildman–Crippen LogP) is 2.27. The Labute approximate surface area is 131 Å². The lowest BCUT2D eigenvalue weighted by molar-refractivity contribution is -0.141. The number of carbonyl (C=O) groups is 1. The van der Waals surface area contributed by atoms with Crippen molar-refractivity contribution in [2.45, 2.75) is 13.1 Å². The molecule has 0 aromatic heterocycles. The molecule has 0 saturated heterocycles. The van der Waals surface area contributed by atoms with Crippen molar-refractivity contribution < 1.29 is 9.90 Å². The van der Waals surface area contributed by atoms with Crippen LogP contribution in [0.2, 0.25) is 0 Å². The van der Waals surface area contributed by atoms with Crippen molar-refractivity contribution in [1.29, 1.82) is 0 Å². The highest BCUT2D eigenvalue weighted by atomic mass is 16.4. The highest BCUT2D eigenvalue weighted by molar-refractivity contribution is 5.70. The van der Waals surface area contributed by atoms with Crippen molar-refractivity contribution in [3.63, 3.8) is 0 Å². The third-order valence-electron chi connectivity index (χ3n) is 3.47. The Morgan fingerprint density at radius 1 is 0.818 bits per heavy atom. The maximum absolute atomic E-state index is 11.3. The number of benzene rings is 2. The topological polar surface area (TPSA) is 61.4 Å². The largest absolute Gasteiger partial charge is 0.481 e. The van der Waals surface area contributed by atoms with Crippen molar-refractivity contribution >= 4 is 5.97 Å². The van der Waals surface area contributed by atoms with Crippen LogP contribution in [-0.2, 0) is 17.9 Å². The Morgan fingerprint density at radius 3 is 1.59 bits per heavy atom. The molecule has 0 aliphatic carbocycles. The molecule has 0 saturated carbocycles. The van der Waals surface area contributed by atoms with Gasteiger partial charge < -0.3 is 15.7 Å². The van der Waals surface area contributed by atoms with E-state index in [0.717, 1.165) is 11.1 Å². The predicted molar refractivity (Wildman–Crippen MR) is 87.4 cm³/mol. The SMILES string of the molecule is O=C(O)C(CNCc1ccccc1)CNCc1ccccc1. The van der Waals surface area contributed by atoms with Gasteiger partial charge in [-0.05, 0) is 11.1 Å². The first-order valence-corrected chi connectivity index (χ1v) is 7.48.